The summed E-state index contributed by atoms with van der Waals surface area (Å²) in [5, 5.41) is 13.9. The van der Waals surface area contributed by atoms with E-state index in [9.17, 15) is 4.79 Å². The minimum atomic E-state index is -0.503. The molecule has 0 spiro atoms. The minimum Gasteiger partial charge on any atom is -0.286 e. The van der Waals surface area contributed by atoms with Crippen LogP contribution in [0.2, 0.25) is 10.3 Å². The molecule has 0 radical (unpaired) electrons. The third-order valence-corrected chi connectivity index (χ3v) is 1.79. The molecule has 1 heterocycles. The van der Waals surface area contributed by atoms with Gasteiger partial charge in [-0.1, -0.05) is 23.2 Å². The van der Waals surface area contributed by atoms with Crippen LogP contribution in [0.15, 0.2) is 10.9 Å². The SMILES string of the molecule is N#C/C=C/c1c(Cl)[nH]nc(Cl)c1=O. The maximum atomic E-state index is 11.2. The predicted molar refractivity (Wildman–Crippen MR) is 49.5 cm³/mol. The first-order valence-electron chi connectivity index (χ1n) is 3.16. The van der Waals surface area contributed by atoms with Gasteiger partial charge in [0.15, 0.2) is 5.15 Å². The Labute approximate surface area is 83.4 Å². The summed E-state index contributed by atoms with van der Waals surface area (Å²) in [6.45, 7) is 0. The monoisotopic (exact) mass is 215 g/mol. The van der Waals surface area contributed by atoms with Gasteiger partial charge >= 0.3 is 0 Å². The number of hydrogen-bond donors (Lipinski definition) is 1. The van der Waals surface area contributed by atoms with E-state index in [2.05, 4.69) is 10.2 Å². The van der Waals surface area contributed by atoms with E-state index in [-0.39, 0.29) is 15.9 Å². The summed E-state index contributed by atoms with van der Waals surface area (Å²) in [5.74, 6) is 0. The molecule has 1 N–H and O–H groups in total. The second-order valence-corrected chi connectivity index (χ2v) is 2.77. The first kappa shape index (κ1) is 9.78. The van der Waals surface area contributed by atoms with Gasteiger partial charge in [0.2, 0.25) is 5.43 Å². The van der Waals surface area contributed by atoms with Crippen LogP contribution in [0.3, 0.4) is 0 Å². The number of rotatable bonds is 1. The highest BCUT2D eigenvalue weighted by molar-refractivity contribution is 6.32. The molecule has 0 fully saturated rings. The van der Waals surface area contributed by atoms with Crippen LogP contribution in [0.5, 0.6) is 0 Å². The third kappa shape index (κ3) is 2.08. The summed E-state index contributed by atoms with van der Waals surface area (Å²) in [5.41, 5.74) is -0.375. The molecule has 4 nitrogen and oxygen atoms in total. The Morgan fingerprint density at radius 1 is 1.54 bits per heavy atom. The smallest absolute Gasteiger partial charge is 0.227 e. The lowest BCUT2D eigenvalue weighted by atomic mass is 10.3. The quantitative estimate of drug-likeness (QED) is 0.725. The molecular formula is C7H3Cl2N3O. The third-order valence-electron chi connectivity index (χ3n) is 1.25. The Hall–Kier alpha value is -1.31. The largest absolute Gasteiger partial charge is 0.286 e. The number of aromatic amines is 1. The Balaban J connectivity index is 3.36. The normalized spacial score (nSPS) is 10.2. The van der Waals surface area contributed by atoms with Crippen molar-refractivity contribution in [2.24, 2.45) is 0 Å². The number of hydrogen-bond acceptors (Lipinski definition) is 3. The van der Waals surface area contributed by atoms with Crippen molar-refractivity contribution in [3.63, 3.8) is 0 Å². The minimum absolute atomic E-state index is 0.0564. The maximum absolute atomic E-state index is 11.2. The number of aromatic nitrogens is 2. The average molecular weight is 216 g/mol. The molecule has 0 bridgehead atoms. The van der Waals surface area contributed by atoms with Crippen LogP contribution in [0.25, 0.3) is 6.08 Å². The van der Waals surface area contributed by atoms with Crippen molar-refractivity contribution in [1.82, 2.24) is 10.2 Å². The van der Waals surface area contributed by atoms with Crippen LogP contribution >= 0.6 is 23.2 Å². The fourth-order valence-corrected chi connectivity index (χ4v) is 1.02. The molecule has 0 aliphatic rings. The lowest BCUT2D eigenvalue weighted by molar-refractivity contribution is 1.01. The van der Waals surface area contributed by atoms with Gasteiger partial charge in [0.1, 0.15) is 5.15 Å². The number of nitrogens with one attached hydrogen (secondary N) is 1. The zero-order valence-corrected chi connectivity index (χ0v) is 7.73. The van der Waals surface area contributed by atoms with Crippen LogP contribution in [0.1, 0.15) is 5.56 Å². The second kappa shape index (κ2) is 4.08. The highest BCUT2D eigenvalue weighted by Gasteiger charge is 2.06. The molecule has 0 aliphatic heterocycles. The van der Waals surface area contributed by atoms with Gasteiger partial charge in [-0.25, -0.2) is 0 Å². The second-order valence-electron chi connectivity index (χ2n) is 2.03. The fourth-order valence-electron chi connectivity index (χ4n) is 0.689. The van der Waals surface area contributed by atoms with E-state index in [4.69, 9.17) is 28.5 Å². The van der Waals surface area contributed by atoms with Gasteiger partial charge in [-0.3, -0.25) is 9.89 Å². The Bertz CT molecular complexity index is 444. The maximum Gasteiger partial charge on any atom is 0.227 e. The molecule has 0 saturated heterocycles. The molecule has 0 saturated carbocycles. The first-order chi connectivity index (χ1) is 6.16. The van der Waals surface area contributed by atoms with Crippen LogP contribution in [-0.4, -0.2) is 10.2 Å². The molecule has 0 aromatic carbocycles. The first-order valence-corrected chi connectivity index (χ1v) is 3.92. The fraction of sp³-hybridized carbons (Fsp3) is 0. The number of halogens is 2. The Morgan fingerprint density at radius 2 is 2.23 bits per heavy atom. The highest BCUT2D eigenvalue weighted by Crippen LogP contribution is 2.10. The summed E-state index contributed by atoms with van der Waals surface area (Å²) in [7, 11) is 0. The number of H-pyrrole nitrogens is 1. The van der Waals surface area contributed by atoms with E-state index >= 15 is 0 Å². The number of nitriles is 1. The van der Waals surface area contributed by atoms with Crippen molar-refractivity contribution in [1.29, 1.82) is 5.26 Å². The van der Waals surface area contributed by atoms with Crippen LogP contribution < -0.4 is 5.43 Å². The molecule has 0 unspecified atom stereocenters. The van der Waals surface area contributed by atoms with Crippen molar-refractivity contribution >= 4 is 29.3 Å². The van der Waals surface area contributed by atoms with Crippen molar-refractivity contribution in [3.05, 3.63) is 32.2 Å². The van der Waals surface area contributed by atoms with Crippen LogP contribution in [0.4, 0.5) is 0 Å². The van der Waals surface area contributed by atoms with Crippen LogP contribution in [0, 0.1) is 11.3 Å². The van der Waals surface area contributed by atoms with Gasteiger partial charge in [0.05, 0.1) is 11.6 Å². The summed E-state index contributed by atoms with van der Waals surface area (Å²) < 4.78 is 0. The van der Waals surface area contributed by atoms with Gasteiger partial charge in [-0.15, -0.1) is 0 Å². The molecule has 1 aromatic rings. The van der Waals surface area contributed by atoms with Crippen molar-refractivity contribution in [3.8, 4) is 6.07 Å². The summed E-state index contributed by atoms with van der Waals surface area (Å²) in [6.07, 6.45) is 2.40. The van der Waals surface area contributed by atoms with E-state index in [1.54, 1.807) is 6.07 Å². The molecule has 0 aliphatic carbocycles. The molecule has 0 amide bonds. The lowest BCUT2D eigenvalue weighted by Crippen LogP contribution is -2.09. The van der Waals surface area contributed by atoms with Crippen LogP contribution in [-0.2, 0) is 0 Å². The molecule has 66 valence electrons. The van der Waals surface area contributed by atoms with Crippen molar-refractivity contribution in [2.45, 2.75) is 0 Å². The summed E-state index contributed by atoms with van der Waals surface area (Å²) in [6, 6.07) is 1.73. The summed E-state index contributed by atoms with van der Waals surface area (Å²) >= 11 is 11.0. The number of nitrogens with zero attached hydrogens (tertiary/aromatic N) is 2. The van der Waals surface area contributed by atoms with E-state index in [0.717, 1.165) is 6.08 Å². The van der Waals surface area contributed by atoms with Gasteiger partial charge in [-0.2, -0.15) is 10.4 Å². The molecule has 1 rings (SSSR count). The number of allylic oxidation sites excluding steroid dienone is 1. The Kier molecular flexibility index (Phi) is 3.07. The van der Waals surface area contributed by atoms with Crippen molar-refractivity contribution in [2.75, 3.05) is 0 Å². The zero-order chi connectivity index (χ0) is 9.84. The Morgan fingerprint density at radius 3 is 2.85 bits per heavy atom. The lowest BCUT2D eigenvalue weighted by Gasteiger charge is -1.95. The van der Waals surface area contributed by atoms with Gasteiger partial charge in [-0.05, 0) is 6.08 Å². The topological polar surface area (TPSA) is 69.5 Å². The molecular weight excluding hydrogens is 213 g/mol. The zero-order valence-electron chi connectivity index (χ0n) is 6.21. The molecule has 1 aromatic heterocycles. The van der Waals surface area contributed by atoms with E-state index in [0.29, 0.717) is 0 Å². The van der Waals surface area contributed by atoms with Gasteiger partial charge in [0.25, 0.3) is 0 Å². The molecule has 13 heavy (non-hydrogen) atoms. The van der Waals surface area contributed by atoms with Gasteiger partial charge in [0, 0.05) is 6.08 Å². The van der Waals surface area contributed by atoms with E-state index in [1.807, 2.05) is 0 Å². The van der Waals surface area contributed by atoms with E-state index < -0.39 is 5.43 Å². The summed E-state index contributed by atoms with van der Waals surface area (Å²) in [4.78, 5) is 11.2. The predicted octanol–water partition coefficient (Wildman–Crippen LogP) is 1.61. The standard InChI is InChI=1S/C7H3Cl2N3O/c8-6-4(2-1-3-10)5(13)7(9)12-11-6/h1-2H,(H,11,13)/b2-1+. The van der Waals surface area contributed by atoms with E-state index in [1.165, 1.54) is 6.08 Å². The molecule has 6 heteroatoms. The average Bonchev–Trinajstić information content (AvgIpc) is 2.12. The highest BCUT2D eigenvalue weighted by atomic mass is 35.5. The van der Waals surface area contributed by atoms with Gasteiger partial charge < -0.3 is 0 Å². The van der Waals surface area contributed by atoms with Crippen molar-refractivity contribution < 1.29 is 0 Å². The molecule has 0 atom stereocenters.